The Labute approximate surface area is 151 Å². The van der Waals surface area contributed by atoms with Gasteiger partial charge in [-0.25, -0.2) is 4.98 Å². The lowest BCUT2D eigenvalue weighted by Gasteiger charge is -2.44. The summed E-state index contributed by atoms with van der Waals surface area (Å²) in [7, 11) is 0. The van der Waals surface area contributed by atoms with Crippen molar-refractivity contribution in [3.05, 3.63) is 52.6 Å². The van der Waals surface area contributed by atoms with Gasteiger partial charge in [0, 0.05) is 36.6 Å². The molecule has 1 aromatic carbocycles. The lowest BCUT2D eigenvalue weighted by molar-refractivity contribution is -0.384. The maximum atomic E-state index is 13.1. The number of nitro groups is 1. The van der Waals surface area contributed by atoms with E-state index < -0.39 is 4.92 Å². The van der Waals surface area contributed by atoms with Gasteiger partial charge in [-0.05, 0) is 43.7 Å². The van der Waals surface area contributed by atoms with Crippen LogP contribution in [0.25, 0.3) is 5.69 Å². The molecule has 0 spiro atoms. The molecule has 0 radical (unpaired) electrons. The average Bonchev–Trinajstić information content (AvgIpc) is 3.21. The molecular weight excluding hydrogens is 332 g/mol. The molecule has 7 nitrogen and oxygen atoms in total. The van der Waals surface area contributed by atoms with Gasteiger partial charge in [-0.3, -0.25) is 14.9 Å². The maximum Gasteiger partial charge on any atom is 0.294 e. The molecule has 4 rings (SSSR count). The first-order valence-electron chi connectivity index (χ1n) is 9.23. The molecule has 2 aromatic rings. The standard InChI is InChI=1S/C19H22N4O3/c24-19(22-10-3-5-14-4-1-2-6-16(14)22)15-7-8-17(18(12-15)23(25)26)21-11-9-20-13-21/h7-9,11-14,16H,1-6,10H2. The number of nitro benzene ring substituents is 1. The zero-order valence-corrected chi connectivity index (χ0v) is 14.6. The summed E-state index contributed by atoms with van der Waals surface area (Å²) in [6.07, 6.45) is 11.6. The summed E-state index contributed by atoms with van der Waals surface area (Å²) in [5.74, 6) is 0.503. The monoisotopic (exact) mass is 354 g/mol. The number of carbonyl (C=O) groups is 1. The van der Waals surface area contributed by atoms with Crippen molar-refractivity contribution in [2.45, 2.75) is 44.6 Å². The number of imidazole rings is 1. The number of hydrogen-bond acceptors (Lipinski definition) is 4. The Hall–Kier alpha value is -2.70. The van der Waals surface area contributed by atoms with Crippen LogP contribution in [-0.4, -0.2) is 37.9 Å². The highest BCUT2D eigenvalue weighted by Gasteiger charge is 2.36. The van der Waals surface area contributed by atoms with Crippen LogP contribution >= 0.6 is 0 Å². The minimum atomic E-state index is -0.439. The van der Waals surface area contributed by atoms with E-state index in [1.54, 1.807) is 29.1 Å². The molecule has 2 fully saturated rings. The van der Waals surface area contributed by atoms with Gasteiger partial charge in [0.25, 0.3) is 11.6 Å². The number of amides is 1. The Kier molecular flexibility index (Phi) is 4.44. The summed E-state index contributed by atoms with van der Waals surface area (Å²) in [6.45, 7) is 0.747. The molecule has 1 saturated carbocycles. The van der Waals surface area contributed by atoms with Crippen molar-refractivity contribution >= 4 is 11.6 Å². The van der Waals surface area contributed by atoms with E-state index in [0.717, 1.165) is 25.8 Å². The third-order valence-electron chi connectivity index (χ3n) is 5.71. The Morgan fingerprint density at radius 3 is 2.77 bits per heavy atom. The first kappa shape index (κ1) is 16.8. The summed E-state index contributed by atoms with van der Waals surface area (Å²) in [4.78, 5) is 30.1. The van der Waals surface area contributed by atoms with Crippen LogP contribution in [0.1, 0.15) is 48.9 Å². The number of piperidine rings is 1. The molecule has 2 unspecified atom stereocenters. The van der Waals surface area contributed by atoms with E-state index in [2.05, 4.69) is 4.98 Å². The Morgan fingerprint density at radius 1 is 1.19 bits per heavy atom. The smallest absolute Gasteiger partial charge is 0.294 e. The predicted molar refractivity (Wildman–Crippen MR) is 96.2 cm³/mol. The van der Waals surface area contributed by atoms with Crippen molar-refractivity contribution in [1.29, 1.82) is 0 Å². The molecule has 1 aliphatic heterocycles. The quantitative estimate of drug-likeness (QED) is 0.623. The van der Waals surface area contributed by atoms with Gasteiger partial charge in [-0.2, -0.15) is 0 Å². The number of rotatable bonds is 3. The van der Waals surface area contributed by atoms with E-state index in [0.29, 0.717) is 17.2 Å². The zero-order chi connectivity index (χ0) is 18.1. The molecule has 0 N–H and O–H groups in total. The number of likely N-dealkylation sites (tertiary alicyclic amines) is 1. The number of carbonyl (C=O) groups excluding carboxylic acids is 1. The molecule has 136 valence electrons. The Bertz CT molecular complexity index is 816. The molecule has 2 aliphatic rings. The van der Waals surface area contributed by atoms with Crippen LogP contribution in [0.2, 0.25) is 0 Å². The molecular formula is C19H22N4O3. The zero-order valence-electron chi connectivity index (χ0n) is 14.6. The molecule has 1 saturated heterocycles. The summed E-state index contributed by atoms with van der Waals surface area (Å²) in [6, 6.07) is 5.02. The highest BCUT2D eigenvalue weighted by molar-refractivity contribution is 5.95. The lowest BCUT2D eigenvalue weighted by atomic mass is 9.78. The van der Waals surface area contributed by atoms with Gasteiger partial charge in [-0.15, -0.1) is 0 Å². The van der Waals surface area contributed by atoms with Gasteiger partial charge in [0.15, 0.2) is 0 Å². The average molecular weight is 354 g/mol. The van der Waals surface area contributed by atoms with Crippen molar-refractivity contribution in [2.24, 2.45) is 5.92 Å². The van der Waals surface area contributed by atoms with Gasteiger partial charge >= 0.3 is 0 Å². The van der Waals surface area contributed by atoms with Crippen LogP contribution in [-0.2, 0) is 0 Å². The number of nitrogens with zero attached hydrogens (tertiary/aromatic N) is 4. The first-order valence-corrected chi connectivity index (χ1v) is 9.23. The molecule has 7 heteroatoms. The summed E-state index contributed by atoms with van der Waals surface area (Å²) < 4.78 is 1.59. The number of fused-ring (bicyclic) bond motifs is 1. The minimum Gasteiger partial charge on any atom is -0.335 e. The molecule has 1 aliphatic carbocycles. The minimum absolute atomic E-state index is 0.0777. The number of benzene rings is 1. The number of aromatic nitrogens is 2. The molecule has 2 atom stereocenters. The predicted octanol–water partition coefficient (Wildman–Crippen LogP) is 3.58. The van der Waals surface area contributed by atoms with E-state index in [-0.39, 0.29) is 17.6 Å². The molecule has 0 bridgehead atoms. The van der Waals surface area contributed by atoms with E-state index in [9.17, 15) is 14.9 Å². The van der Waals surface area contributed by atoms with Gasteiger partial charge < -0.3 is 9.47 Å². The third-order valence-corrected chi connectivity index (χ3v) is 5.71. The Balaban J connectivity index is 1.65. The van der Waals surface area contributed by atoms with Gasteiger partial charge in [0.05, 0.1) is 11.3 Å². The maximum absolute atomic E-state index is 13.1. The SMILES string of the molecule is O=C(c1ccc(-n2ccnc2)c([N+](=O)[O-])c1)N1CCCC2CCCCC21. The van der Waals surface area contributed by atoms with Crippen LogP contribution in [0, 0.1) is 16.0 Å². The van der Waals surface area contributed by atoms with Crippen molar-refractivity contribution in [1.82, 2.24) is 14.5 Å². The highest BCUT2D eigenvalue weighted by Crippen LogP contribution is 2.36. The lowest BCUT2D eigenvalue weighted by Crippen LogP contribution is -2.49. The summed E-state index contributed by atoms with van der Waals surface area (Å²) in [5.41, 5.74) is 0.732. The number of hydrogen-bond donors (Lipinski definition) is 0. The topological polar surface area (TPSA) is 81.3 Å². The Morgan fingerprint density at radius 2 is 2.00 bits per heavy atom. The van der Waals surface area contributed by atoms with Gasteiger partial charge in [0.1, 0.15) is 5.69 Å². The van der Waals surface area contributed by atoms with Crippen LogP contribution in [0.5, 0.6) is 0 Å². The van der Waals surface area contributed by atoms with Crippen molar-refractivity contribution < 1.29 is 9.72 Å². The third kappa shape index (κ3) is 2.98. The van der Waals surface area contributed by atoms with Gasteiger partial charge in [0.2, 0.25) is 0 Å². The fraction of sp³-hybridized carbons (Fsp3) is 0.474. The van der Waals surface area contributed by atoms with E-state index in [1.165, 1.54) is 31.7 Å². The van der Waals surface area contributed by atoms with Crippen molar-refractivity contribution in [2.75, 3.05) is 6.54 Å². The van der Waals surface area contributed by atoms with E-state index >= 15 is 0 Å². The van der Waals surface area contributed by atoms with Crippen LogP contribution in [0.15, 0.2) is 36.9 Å². The molecule has 1 amide bonds. The van der Waals surface area contributed by atoms with Crippen LogP contribution in [0.4, 0.5) is 5.69 Å². The van der Waals surface area contributed by atoms with Crippen LogP contribution in [0.3, 0.4) is 0 Å². The van der Waals surface area contributed by atoms with Gasteiger partial charge in [-0.1, -0.05) is 12.8 Å². The highest BCUT2D eigenvalue weighted by atomic mass is 16.6. The second-order valence-corrected chi connectivity index (χ2v) is 7.18. The van der Waals surface area contributed by atoms with Crippen LogP contribution < -0.4 is 0 Å². The van der Waals surface area contributed by atoms with E-state index in [4.69, 9.17) is 0 Å². The normalized spacial score (nSPS) is 22.7. The fourth-order valence-electron chi connectivity index (χ4n) is 4.47. The molecule has 26 heavy (non-hydrogen) atoms. The fourth-order valence-corrected chi connectivity index (χ4v) is 4.47. The largest absolute Gasteiger partial charge is 0.335 e. The summed E-state index contributed by atoms with van der Waals surface area (Å²) >= 11 is 0. The van der Waals surface area contributed by atoms with Crippen molar-refractivity contribution in [3.63, 3.8) is 0 Å². The first-order chi connectivity index (χ1) is 12.6. The summed E-state index contributed by atoms with van der Waals surface area (Å²) in [5, 5.41) is 11.5. The van der Waals surface area contributed by atoms with E-state index in [1.807, 2.05) is 4.90 Å². The second kappa shape index (κ2) is 6.90. The second-order valence-electron chi connectivity index (χ2n) is 7.18. The van der Waals surface area contributed by atoms with Crippen molar-refractivity contribution in [3.8, 4) is 5.69 Å². The molecule has 1 aromatic heterocycles. The molecule has 2 heterocycles.